The van der Waals surface area contributed by atoms with Crippen LogP contribution in [-0.4, -0.2) is 56.4 Å². The molecule has 1 unspecified atom stereocenters. The van der Waals surface area contributed by atoms with E-state index in [4.69, 9.17) is 5.26 Å². The molecule has 132 valence electrons. The lowest BCUT2D eigenvalue weighted by atomic mass is 9.79. The van der Waals surface area contributed by atoms with Crippen LogP contribution in [0.3, 0.4) is 0 Å². The first-order chi connectivity index (χ1) is 12.2. The maximum atomic E-state index is 10.5. The summed E-state index contributed by atoms with van der Waals surface area (Å²) in [4.78, 5) is 16.5. The highest BCUT2D eigenvalue weighted by Crippen LogP contribution is 2.39. The predicted molar refractivity (Wildman–Crippen MR) is 94.9 cm³/mol. The highest BCUT2D eigenvalue weighted by molar-refractivity contribution is 5.87. The lowest BCUT2D eigenvalue weighted by Gasteiger charge is -2.53. The van der Waals surface area contributed by atoms with Crippen LogP contribution in [0.1, 0.15) is 38.5 Å². The van der Waals surface area contributed by atoms with Gasteiger partial charge in [0.1, 0.15) is 24.0 Å². The van der Waals surface area contributed by atoms with Crippen LogP contribution in [0.4, 0.5) is 5.82 Å². The van der Waals surface area contributed by atoms with Crippen LogP contribution < -0.4 is 4.90 Å². The Bertz CT molecular complexity index is 779. The molecule has 7 nitrogen and oxygen atoms in total. The van der Waals surface area contributed by atoms with Crippen molar-refractivity contribution in [3.05, 3.63) is 18.6 Å². The zero-order valence-corrected chi connectivity index (χ0v) is 14.4. The van der Waals surface area contributed by atoms with Crippen molar-refractivity contribution in [3.8, 4) is 6.07 Å². The van der Waals surface area contributed by atoms with Gasteiger partial charge in [0, 0.05) is 31.4 Å². The molecule has 4 heterocycles. The topological polar surface area (TPSA) is 92.1 Å². The van der Waals surface area contributed by atoms with Crippen molar-refractivity contribution in [1.29, 1.82) is 5.26 Å². The predicted octanol–water partition coefficient (Wildman–Crippen LogP) is 2.01. The second kappa shape index (κ2) is 6.62. The van der Waals surface area contributed by atoms with Gasteiger partial charge in [0.15, 0.2) is 0 Å². The largest absolute Gasteiger partial charge is 0.377 e. The Balaban J connectivity index is 1.65. The van der Waals surface area contributed by atoms with Crippen molar-refractivity contribution in [2.24, 2.45) is 0 Å². The molecule has 1 spiro atoms. The third-order valence-electron chi connectivity index (χ3n) is 5.72. The number of hydrogen-bond acceptors (Lipinski definition) is 6. The van der Waals surface area contributed by atoms with Gasteiger partial charge in [0.05, 0.1) is 17.9 Å². The smallest absolute Gasteiger partial charge is 0.142 e. The number of hydrogen-bond donors (Lipinski definition) is 2. The van der Waals surface area contributed by atoms with Gasteiger partial charge in [-0.2, -0.15) is 5.26 Å². The standard InChI is InChI=1S/C18H24N6O/c19-8-4-15(25)24-11-2-1-6-18(24)7-3-10-23(12-18)17-14-5-9-20-16(14)21-13-22-17/h5,9,13,15,25H,1-4,6-7,10-12H2,(H,20,21,22)/t15-,18?/m1/s1. The highest BCUT2D eigenvalue weighted by atomic mass is 16.3. The molecular weight excluding hydrogens is 316 g/mol. The molecule has 2 aliphatic rings. The van der Waals surface area contributed by atoms with Gasteiger partial charge < -0.3 is 15.0 Å². The van der Waals surface area contributed by atoms with Crippen LogP contribution >= 0.6 is 0 Å². The normalized spacial score (nSPS) is 26.0. The van der Waals surface area contributed by atoms with Crippen molar-refractivity contribution in [2.75, 3.05) is 24.5 Å². The zero-order valence-electron chi connectivity index (χ0n) is 14.4. The van der Waals surface area contributed by atoms with E-state index in [0.717, 1.165) is 62.2 Å². The summed E-state index contributed by atoms with van der Waals surface area (Å²) < 4.78 is 0. The lowest BCUT2D eigenvalue weighted by molar-refractivity contribution is -0.0905. The monoisotopic (exact) mass is 340 g/mol. The van der Waals surface area contributed by atoms with Crippen molar-refractivity contribution in [3.63, 3.8) is 0 Å². The van der Waals surface area contributed by atoms with Crippen LogP contribution in [0.15, 0.2) is 18.6 Å². The van der Waals surface area contributed by atoms with Crippen molar-refractivity contribution in [1.82, 2.24) is 19.9 Å². The summed E-state index contributed by atoms with van der Waals surface area (Å²) in [6.07, 6.45) is 8.43. The van der Waals surface area contributed by atoms with E-state index in [1.807, 2.05) is 12.3 Å². The average molecular weight is 340 g/mol. The van der Waals surface area contributed by atoms with Gasteiger partial charge >= 0.3 is 0 Å². The Morgan fingerprint density at radius 2 is 2.16 bits per heavy atom. The van der Waals surface area contributed by atoms with Gasteiger partial charge in [-0.1, -0.05) is 6.42 Å². The zero-order chi connectivity index (χ0) is 17.3. The Hall–Kier alpha value is -2.17. The van der Waals surface area contributed by atoms with Crippen LogP contribution in [-0.2, 0) is 0 Å². The van der Waals surface area contributed by atoms with Crippen molar-refractivity contribution >= 4 is 16.9 Å². The van der Waals surface area contributed by atoms with E-state index >= 15 is 0 Å². The number of nitriles is 1. The Morgan fingerprint density at radius 3 is 3.04 bits per heavy atom. The molecule has 2 fully saturated rings. The SMILES string of the molecule is N#CC[C@@H](O)N1CCCCC12CCCN(c1ncnc3[nH]ccc13)C2. The molecule has 2 aliphatic heterocycles. The molecule has 7 heteroatoms. The first-order valence-corrected chi connectivity index (χ1v) is 9.08. The number of nitrogens with one attached hydrogen (secondary N) is 1. The maximum absolute atomic E-state index is 10.5. The van der Waals surface area contributed by atoms with Crippen LogP contribution in [0.5, 0.6) is 0 Å². The summed E-state index contributed by atoms with van der Waals surface area (Å²) >= 11 is 0. The third kappa shape index (κ3) is 2.86. The van der Waals surface area contributed by atoms with Crippen LogP contribution in [0, 0.1) is 11.3 Å². The minimum atomic E-state index is -0.678. The highest BCUT2D eigenvalue weighted by Gasteiger charge is 2.45. The molecule has 2 aromatic rings. The van der Waals surface area contributed by atoms with Crippen LogP contribution in [0.25, 0.3) is 11.0 Å². The second-order valence-corrected chi connectivity index (χ2v) is 7.18. The Kier molecular flexibility index (Phi) is 4.32. The van der Waals surface area contributed by atoms with Gasteiger partial charge in [-0.3, -0.25) is 4.90 Å². The number of rotatable bonds is 3. The van der Waals surface area contributed by atoms with Gasteiger partial charge in [-0.25, -0.2) is 9.97 Å². The van der Waals surface area contributed by atoms with E-state index < -0.39 is 6.23 Å². The fraction of sp³-hybridized carbons (Fsp3) is 0.611. The quantitative estimate of drug-likeness (QED) is 0.888. The molecule has 2 N–H and O–H groups in total. The minimum Gasteiger partial charge on any atom is -0.377 e. The van der Waals surface area contributed by atoms with E-state index in [9.17, 15) is 5.11 Å². The number of likely N-dealkylation sites (tertiary alicyclic amines) is 1. The summed E-state index contributed by atoms with van der Waals surface area (Å²) in [5.74, 6) is 0.964. The molecule has 2 saturated heterocycles. The summed E-state index contributed by atoms with van der Waals surface area (Å²) in [6.45, 7) is 2.66. The van der Waals surface area contributed by atoms with E-state index in [1.54, 1.807) is 6.33 Å². The molecule has 2 aromatic heterocycles. The number of aromatic nitrogens is 3. The average Bonchev–Trinajstić information content (AvgIpc) is 3.11. The third-order valence-corrected chi connectivity index (χ3v) is 5.72. The summed E-state index contributed by atoms with van der Waals surface area (Å²) in [5, 5.41) is 20.6. The van der Waals surface area contributed by atoms with E-state index in [0.29, 0.717) is 0 Å². The number of aliphatic hydroxyl groups excluding tert-OH is 1. The first-order valence-electron chi connectivity index (χ1n) is 9.08. The minimum absolute atomic E-state index is 0.0691. The fourth-order valence-electron chi connectivity index (χ4n) is 4.62. The molecule has 0 bridgehead atoms. The van der Waals surface area contributed by atoms with Crippen molar-refractivity contribution < 1.29 is 5.11 Å². The number of H-pyrrole nitrogens is 1. The summed E-state index contributed by atoms with van der Waals surface area (Å²) in [5.41, 5.74) is 0.787. The van der Waals surface area contributed by atoms with Gasteiger partial charge in [-0.05, 0) is 31.7 Å². The van der Waals surface area contributed by atoms with Crippen LogP contribution in [0.2, 0.25) is 0 Å². The van der Waals surface area contributed by atoms with E-state index in [2.05, 4.69) is 30.8 Å². The molecule has 4 rings (SSSR count). The molecule has 0 aromatic carbocycles. The van der Waals surface area contributed by atoms with E-state index in [1.165, 1.54) is 6.42 Å². The molecule has 2 atom stereocenters. The van der Waals surface area contributed by atoms with Crippen molar-refractivity contribution in [2.45, 2.75) is 50.3 Å². The van der Waals surface area contributed by atoms with Gasteiger partial charge in [0.2, 0.25) is 0 Å². The number of nitrogens with zero attached hydrogens (tertiary/aromatic N) is 5. The van der Waals surface area contributed by atoms with Gasteiger partial charge in [-0.15, -0.1) is 0 Å². The summed E-state index contributed by atoms with van der Waals surface area (Å²) in [6, 6.07) is 4.14. The maximum Gasteiger partial charge on any atom is 0.142 e. The second-order valence-electron chi connectivity index (χ2n) is 7.18. The number of fused-ring (bicyclic) bond motifs is 1. The Labute approximate surface area is 147 Å². The molecule has 0 amide bonds. The number of anilines is 1. The molecular formula is C18H24N6O. The fourth-order valence-corrected chi connectivity index (χ4v) is 4.62. The number of aliphatic hydroxyl groups is 1. The summed E-state index contributed by atoms with van der Waals surface area (Å²) in [7, 11) is 0. The molecule has 0 radical (unpaired) electrons. The first kappa shape index (κ1) is 16.3. The molecule has 25 heavy (non-hydrogen) atoms. The number of piperidine rings is 2. The Morgan fingerprint density at radius 1 is 1.28 bits per heavy atom. The van der Waals surface area contributed by atoms with Gasteiger partial charge in [0.25, 0.3) is 0 Å². The molecule has 0 aliphatic carbocycles. The van der Waals surface area contributed by atoms with E-state index in [-0.39, 0.29) is 12.0 Å². The number of aromatic amines is 1. The lowest BCUT2D eigenvalue weighted by Crippen LogP contribution is -2.63. The molecule has 0 saturated carbocycles.